The van der Waals surface area contributed by atoms with Crippen LogP contribution in [0.4, 0.5) is 15.8 Å². The van der Waals surface area contributed by atoms with Gasteiger partial charge in [-0.3, -0.25) is 14.9 Å². The summed E-state index contributed by atoms with van der Waals surface area (Å²) in [4.78, 5) is 20.9. The summed E-state index contributed by atoms with van der Waals surface area (Å²) in [6.07, 6.45) is 0. The van der Waals surface area contributed by atoms with Crippen LogP contribution in [0.5, 0.6) is 0 Å². The molecule has 0 aliphatic carbocycles. The van der Waals surface area contributed by atoms with Gasteiger partial charge < -0.3 is 15.2 Å². The SMILES string of the molecule is O=C(O)C1COCC1Nc1cccc(F)c1[N+](=O)[O-]. The number of carboxylic acid groups (broad SMARTS) is 1. The summed E-state index contributed by atoms with van der Waals surface area (Å²) < 4.78 is 18.4. The molecule has 0 bridgehead atoms. The third-order valence-corrected chi connectivity index (χ3v) is 2.91. The van der Waals surface area contributed by atoms with E-state index in [0.29, 0.717) is 0 Å². The summed E-state index contributed by atoms with van der Waals surface area (Å²) in [5.74, 6) is -2.85. The quantitative estimate of drug-likeness (QED) is 0.630. The van der Waals surface area contributed by atoms with Gasteiger partial charge in [-0.15, -0.1) is 0 Å². The lowest BCUT2D eigenvalue weighted by molar-refractivity contribution is -0.386. The number of para-hydroxylation sites is 1. The zero-order chi connectivity index (χ0) is 14.0. The Kier molecular flexibility index (Phi) is 3.61. The minimum atomic E-state index is -1.06. The molecule has 1 fully saturated rings. The van der Waals surface area contributed by atoms with Crippen LogP contribution in [0.25, 0.3) is 0 Å². The number of halogens is 1. The van der Waals surface area contributed by atoms with Crippen molar-refractivity contribution in [2.75, 3.05) is 18.5 Å². The predicted molar refractivity (Wildman–Crippen MR) is 62.4 cm³/mol. The highest BCUT2D eigenvalue weighted by Gasteiger charge is 2.35. The smallest absolute Gasteiger partial charge is 0.327 e. The van der Waals surface area contributed by atoms with Gasteiger partial charge in [0.2, 0.25) is 5.82 Å². The number of hydrogen-bond acceptors (Lipinski definition) is 5. The monoisotopic (exact) mass is 270 g/mol. The van der Waals surface area contributed by atoms with Crippen LogP contribution in [0.3, 0.4) is 0 Å². The van der Waals surface area contributed by atoms with Crippen LogP contribution >= 0.6 is 0 Å². The lowest BCUT2D eigenvalue weighted by Crippen LogP contribution is -2.33. The molecule has 1 aliphatic heterocycles. The van der Waals surface area contributed by atoms with Crippen LogP contribution in [0.15, 0.2) is 18.2 Å². The minimum Gasteiger partial charge on any atom is -0.481 e. The molecule has 1 saturated heterocycles. The largest absolute Gasteiger partial charge is 0.481 e. The van der Waals surface area contributed by atoms with E-state index in [1.165, 1.54) is 12.1 Å². The van der Waals surface area contributed by atoms with Crippen LogP contribution < -0.4 is 5.32 Å². The second kappa shape index (κ2) is 5.19. The molecule has 2 unspecified atom stereocenters. The summed E-state index contributed by atoms with van der Waals surface area (Å²) in [7, 11) is 0. The molecule has 0 aromatic heterocycles. The Bertz CT molecular complexity index is 522. The number of ether oxygens (including phenoxy) is 1. The summed E-state index contributed by atoms with van der Waals surface area (Å²) >= 11 is 0. The van der Waals surface area contributed by atoms with E-state index >= 15 is 0 Å². The number of carboxylic acids is 1. The van der Waals surface area contributed by atoms with Crippen molar-refractivity contribution in [1.82, 2.24) is 0 Å². The number of nitro benzene ring substituents is 1. The molecule has 1 aromatic rings. The number of anilines is 1. The van der Waals surface area contributed by atoms with E-state index in [1.54, 1.807) is 0 Å². The van der Waals surface area contributed by atoms with Gasteiger partial charge in [-0.05, 0) is 12.1 Å². The van der Waals surface area contributed by atoms with E-state index in [0.717, 1.165) is 6.07 Å². The second-order valence-corrected chi connectivity index (χ2v) is 4.13. The van der Waals surface area contributed by atoms with E-state index in [1.807, 2.05) is 0 Å². The van der Waals surface area contributed by atoms with Gasteiger partial charge in [0.25, 0.3) is 0 Å². The Morgan fingerprint density at radius 2 is 2.26 bits per heavy atom. The first kappa shape index (κ1) is 13.2. The minimum absolute atomic E-state index is 0.0239. The average Bonchev–Trinajstić information content (AvgIpc) is 2.76. The van der Waals surface area contributed by atoms with Crippen molar-refractivity contribution in [3.8, 4) is 0 Å². The van der Waals surface area contributed by atoms with Crippen molar-refractivity contribution >= 4 is 17.3 Å². The van der Waals surface area contributed by atoms with Gasteiger partial charge in [0.15, 0.2) is 0 Å². The van der Waals surface area contributed by atoms with E-state index in [2.05, 4.69) is 5.32 Å². The Hall–Kier alpha value is -2.22. The van der Waals surface area contributed by atoms with Gasteiger partial charge >= 0.3 is 11.7 Å². The molecule has 102 valence electrons. The number of nitrogens with one attached hydrogen (secondary N) is 1. The molecule has 0 saturated carbocycles. The molecule has 0 amide bonds. The molecule has 2 atom stereocenters. The normalized spacial score (nSPS) is 22.2. The lowest BCUT2D eigenvalue weighted by Gasteiger charge is -2.16. The molecule has 7 nitrogen and oxygen atoms in total. The number of benzene rings is 1. The molecule has 8 heteroatoms. The van der Waals surface area contributed by atoms with E-state index in [4.69, 9.17) is 9.84 Å². The zero-order valence-electron chi connectivity index (χ0n) is 9.71. The summed E-state index contributed by atoms with van der Waals surface area (Å²) in [6, 6.07) is 3.00. The van der Waals surface area contributed by atoms with Gasteiger partial charge in [0.1, 0.15) is 11.6 Å². The van der Waals surface area contributed by atoms with Gasteiger partial charge in [-0.2, -0.15) is 4.39 Å². The molecule has 0 radical (unpaired) electrons. The molecular formula is C11H11FN2O5. The number of nitro groups is 1. The first-order valence-electron chi connectivity index (χ1n) is 5.50. The van der Waals surface area contributed by atoms with Gasteiger partial charge in [0.05, 0.1) is 24.2 Å². The summed E-state index contributed by atoms with van der Waals surface area (Å²) in [6.45, 7) is 0.126. The van der Waals surface area contributed by atoms with E-state index in [-0.39, 0.29) is 18.9 Å². The fraction of sp³-hybridized carbons (Fsp3) is 0.364. The topological polar surface area (TPSA) is 102 Å². The molecule has 1 heterocycles. The van der Waals surface area contributed by atoms with Crippen molar-refractivity contribution in [2.45, 2.75) is 6.04 Å². The van der Waals surface area contributed by atoms with E-state index < -0.39 is 34.4 Å². The first-order chi connectivity index (χ1) is 9.00. The van der Waals surface area contributed by atoms with Crippen LogP contribution in [0, 0.1) is 21.8 Å². The van der Waals surface area contributed by atoms with E-state index in [9.17, 15) is 19.3 Å². The van der Waals surface area contributed by atoms with Crippen molar-refractivity contribution in [3.05, 3.63) is 34.1 Å². The van der Waals surface area contributed by atoms with Gasteiger partial charge in [0, 0.05) is 0 Å². The fourth-order valence-corrected chi connectivity index (χ4v) is 1.96. The second-order valence-electron chi connectivity index (χ2n) is 4.13. The maximum Gasteiger partial charge on any atom is 0.327 e. The Morgan fingerprint density at radius 3 is 2.89 bits per heavy atom. The van der Waals surface area contributed by atoms with Crippen LogP contribution in [-0.2, 0) is 9.53 Å². The number of nitrogens with zero attached hydrogens (tertiary/aromatic N) is 1. The van der Waals surface area contributed by atoms with Crippen molar-refractivity contribution in [3.63, 3.8) is 0 Å². The number of rotatable bonds is 4. The highest BCUT2D eigenvalue weighted by atomic mass is 19.1. The summed E-state index contributed by atoms with van der Waals surface area (Å²) in [5, 5.41) is 22.5. The third kappa shape index (κ3) is 2.63. The number of hydrogen-bond donors (Lipinski definition) is 2. The van der Waals surface area contributed by atoms with Crippen LogP contribution in [0.2, 0.25) is 0 Å². The molecular weight excluding hydrogens is 259 g/mol. The first-order valence-corrected chi connectivity index (χ1v) is 5.50. The van der Waals surface area contributed by atoms with Crippen molar-refractivity contribution < 1.29 is 24.0 Å². The summed E-state index contributed by atoms with van der Waals surface area (Å²) in [5.41, 5.74) is -0.745. The predicted octanol–water partition coefficient (Wildman–Crippen LogP) is 1.25. The maximum atomic E-state index is 13.4. The number of aliphatic carboxylic acids is 1. The molecule has 19 heavy (non-hydrogen) atoms. The molecule has 1 aliphatic rings. The molecule has 0 spiro atoms. The highest BCUT2D eigenvalue weighted by molar-refractivity contribution is 5.73. The fourth-order valence-electron chi connectivity index (χ4n) is 1.96. The Morgan fingerprint density at radius 1 is 1.53 bits per heavy atom. The van der Waals surface area contributed by atoms with Crippen LogP contribution in [0.1, 0.15) is 0 Å². The van der Waals surface area contributed by atoms with Gasteiger partial charge in [-0.1, -0.05) is 6.07 Å². The number of carbonyl (C=O) groups is 1. The standard InChI is InChI=1S/C11H11FN2O5/c12-7-2-1-3-8(10(7)14(17)18)13-9-5-19-4-6(9)11(15)16/h1-3,6,9,13H,4-5H2,(H,15,16). The van der Waals surface area contributed by atoms with Crippen molar-refractivity contribution in [2.24, 2.45) is 5.92 Å². The van der Waals surface area contributed by atoms with Crippen LogP contribution in [-0.4, -0.2) is 35.3 Å². The third-order valence-electron chi connectivity index (χ3n) is 2.91. The molecule has 1 aromatic carbocycles. The van der Waals surface area contributed by atoms with Crippen molar-refractivity contribution in [1.29, 1.82) is 0 Å². The zero-order valence-corrected chi connectivity index (χ0v) is 9.71. The maximum absolute atomic E-state index is 13.4. The average molecular weight is 270 g/mol. The van der Waals surface area contributed by atoms with Gasteiger partial charge in [-0.25, -0.2) is 0 Å². The molecule has 2 rings (SSSR count). The molecule has 2 N–H and O–H groups in total. The lowest BCUT2D eigenvalue weighted by atomic mass is 10.0. The highest BCUT2D eigenvalue weighted by Crippen LogP contribution is 2.29. The Balaban J connectivity index is 2.26. The Labute approximate surface area is 107 Å².